The maximum absolute atomic E-state index is 13.2. The van der Waals surface area contributed by atoms with Gasteiger partial charge in [-0.3, -0.25) is 0 Å². The predicted octanol–water partition coefficient (Wildman–Crippen LogP) is 6.51. The van der Waals surface area contributed by atoms with Gasteiger partial charge in [-0.25, -0.2) is 4.39 Å². The molecular weight excluding hydrogens is 361 g/mol. The number of hydrogen-bond acceptors (Lipinski definition) is 2. The van der Waals surface area contributed by atoms with Gasteiger partial charge in [-0.05, 0) is 65.8 Å². The van der Waals surface area contributed by atoms with Crippen LogP contribution in [0.1, 0.15) is 30.4 Å². The molecule has 1 fully saturated rings. The Morgan fingerprint density at radius 2 is 1.72 bits per heavy atom. The number of aliphatic hydroxyl groups excluding tert-OH is 1. The second-order valence-corrected chi connectivity index (χ2v) is 7.81. The van der Waals surface area contributed by atoms with Crippen molar-refractivity contribution < 1.29 is 9.50 Å². The summed E-state index contributed by atoms with van der Waals surface area (Å²) in [6, 6.07) is 24.1. The molecule has 4 rings (SSSR count). The van der Waals surface area contributed by atoms with Crippen LogP contribution in [0, 0.1) is 5.82 Å². The summed E-state index contributed by atoms with van der Waals surface area (Å²) in [5.41, 5.74) is 5.82. The van der Waals surface area contributed by atoms with Crippen molar-refractivity contribution in [3.05, 3.63) is 102 Å². The van der Waals surface area contributed by atoms with Crippen LogP contribution in [0.5, 0.6) is 0 Å². The smallest absolute Gasteiger partial charge is 0.123 e. The molecule has 3 aromatic carbocycles. The van der Waals surface area contributed by atoms with Gasteiger partial charge in [0.05, 0.1) is 5.76 Å². The van der Waals surface area contributed by atoms with Crippen molar-refractivity contribution >= 4 is 5.69 Å². The first kappa shape index (κ1) is 19.3. The average Bonchev–Trinajstić information content (AvgIpc) is 3.17. The third-order valence-corrected chi connectivity index (χ3v) is 5.63. The lowest BCUT2D eigenvalue weighted by Gasteiger charge is -2.26. The van der Waals surface area contributed by atoms with E-state index in [0.717, 1.165) is 36.9 Å². The van der Waals surface area contributed by atoms with E-state index in [1.54, 1.807) is 0 Å². The number of hydrogen-bond donors (Lipinski definition) is 1. The molecule has 2 nitrogen and oxygen atoms in total. The lowest BCUT2D eigenvalue weighted by atomic mass is 9.99. The summed E-state index contributed by atoms with van der Waals surface area (Å²) >= 11 is 0. The topological polar surface area (TPSA) is 23.5 Å². The van der Waals surface area contributed by atoms with E-state index in [1.807, 2.05) is 12.1 Å². The fraction of sp³-hybridized carbons (Fsp3) is 0.231. The third-order valence-electron chi connectivity index (χ3n) is 5.63. The van der Waals surface area contributed by atoms with Crippen LogP contribution in [0.15, 0.2) is 85.1 Å². The fourth-order valence-corrected chi connectivity index (χ4v) is 4.20. The first-order chi connectivity index (χ1) is 14.1. The molecule has 1 N–H and O–H groups in total. The number of halogens is 1. The molecule has 3 heteroatoms. The fourth-order valence-electron chi connectivity index (χ4n) is 4.20. The summed E-state index contributed by atoms with van der Waals surface area (Å²) in [6.07, 6.45) is 3.73. The highest BCUT2D eigenvalue weighted by molar-refractivity contribution is 5.64. The molecule has 0 bridgehead atoms. The SMILES string of the molecule is C=C(O)CC1CCCN1c1ccc(Cc2cccc(-c3ccc(F)cc3)c2)cc1. The van der Waals surface area contributed by atoms with E-state index in [9.17, 15) is 9.50 Å². The van der Waals surface area contributed by atoms with E-state index in [-0.39, 0.29) is 11.6 Å². The summed E-state index contributed by atoms with van der Waals surface area (Å²) in [5.74, 6) is 0.0492. The minimum atomic E-state index is -0.214. The molecule has 3 aromatic rings. The molecule has 1 aliphatic heterocycles. The lowest BCUT2D eigenvalue weighted by molar-refractivity contribution is 0.376. The standard InChI is InChI=1S/C26H26FNO/c1-19(29)16-26-6-3-15-28(26)25-13-7-20(8-14-25)17-21-4-2-5-23(18-21)22-9-11-24(27)12-10-22/h2,4-5,7-14,18,26,29H,1,3,6,15-17H2. The largest absolute Gasteiger partial charge is 0.513 e. The Morgan fingerprint density at radius 3 is 2.45 bits per heavy atom. The molecule has 0 radical (unpaired) electrons. The first-order valence-electron chi connectivity index (χ1n) is 10.2. The van der Waals surface area contributed by atoms with Gasteiger partial charge < -0.3 is 10.0 Å². The van der Waals surface area contributed by atoms with Crippen LogP contribution >= 0.6 is 0 Å². The minimum Gasteiger partial charge on any atom is -0.513 e. The van der Waals surface area contributed by atoms with Crippen molar-refractivity contribution in [2.24, 2.45) is 0 Å². The molecule has 0 amide bonds. The second-order valence-electron chi connectivity index (χ2n) is 7.81. The van der Waals surface area contributed by atoms with Crippen LogP contribution in [-0.2, 0) is 6.42 Å². The second kappa shape index (κ2) is 8.52. The predicted molar refractivity (Wildman–Crippen MR) is 118 cm³/mol. The van der Waals surface area contributed by atoms with Gasteiger partial charge in [0.1, 0.15) is 5.82 Å². The molecule has 1 unspecified atom stereocenters. The Kier molecular flexibility index (Phi) is 5.66. The van der Waals surface area contributed by atoms with Crippen molar-refractivity contribution in [2.45, 2.75) is 31.7 Å². The molecule has 1 atom stereocenters. The van der Waals surface area contributed by atoms with Crippen LogP contribution in [0.2, 0.25) is 0 Å². The van der Waals surface area contributed by atoms with Crippen molar-refractivity contribution in [3.8, 4) is 11.1 Å². The summed E-state index contributed by atoms with van der Waals surface area (Å²) in [5, 5.41) is 9.56. The van der Waals surface area contributed by atoms with E-state index in [2.05, 4.69) is 60.0 Å². The van der Waals surface area contributed by atoms with Crippen LogP contribution in [0.4, 0.5) is 10.1 Å². The molecule has 1 aliphatic rings. The van der Waals surface area contributed by atoms with Gasteiger partial charge in [0.15, 0.2) is 0 Å². The van der Waals surface area contributed by atoms with Gasteiger partial charge in [-0.2, -0.15) is 0 Å². The lowest BCUT2D eigenvalue weighted by Crippen LogP contribution is -2.29. The van der Waals surface area contributed by atoms with Crippen molar-refractivity contribution in [3.63, 3.8) is 0 Å². The average molecular weight is 387 g/mol. The van der Waals surface area contributed by atoms with E-state index in [0.29, 0.717) is 12.5 Å². The zero-order chi connectivity index (χ0) is 20.2. The highest BCUT2D eigenvalue weighted by Crippen LogP contribution is 2.29. The van der Waals surface area contributed by atoms with E-state index in [1.165, 1.54) is 28.9 Å². The highest BCUT2D eigenvalue weighted by Gasteiger charge is 2.25. The molecule has 0 aromatic heterocycles. The quantitative estimate of drug-likeness (QED) is 0.487. The Bertz CT molecular complexity index is 978. The number of aliphatic hydroxyl groups is 1. The molecule has 0 saturated carbocycles. The monoisotopic (exact) mass is 387 g/mol. The summed E-state index contributed by atoms with van der Waals surface area (Å²) in [4.78, 5) is 2.38. The highest BCUT2D eigenvalue weighted by atomic mass is 19.1. The Morgan fingerprint density at radius 1 is 0.966 bits per heavy atom. The van der Waals surface area contributed by atoms with E-state index in [4.69, 9.17) is 0 Å². The zero-order valence-corrected chi connectivity index (χ0v) is 16.5. The van der Waals surface area contributed by atoms with Gasteiger partial charge in [0.25, 0.3) is 0 Å². The normalized spacial score (nSPS) is 16.2. The summed E-state index contributed by atoms with van der Waals surface area (Å²) < 4.78 is 13.2. The number of anilines is 1. The van der Waals surface area contributed by atoms with Crippen LogP contribution in [0.25, 0.3) is 11.1 Å². The molecule has 148 valence electrons. The van der Waals surface area contributed by atoms with Crippen molar-refractivity contribution in [2.75, 3.05) is 11.4 Å². The maximum Gasteiger partial charge on any atom is 0.123 e. The molecule has 0 aliphatic carbocycles. The Balaban J connectivity index is 1.47. The Labute approximate surface area is 171 Å². The zero-order valence-electron chi connectivity index (χ0n) is 16.5. The molecule has 1 saturated heterocycles. The van der Waals surface area contributed by atoms with Crippen LogP contribution < -0.4 is 4.90 Å². The molecule has 1 heterocycles. The number of benzene rings is 3. The van der Waals surface area contributed by atoms with Gasteiger partial charge in [-0.15, -0.1) is 0 Å². The van der Waals surface area contributed by atoms with Gasteiger partial charge in [0.2, 0.25) is 0 Å². The minimum absolute atomic E-state index is 0.214. The van der Waals surface area contributed by atoms with Gasteiger partial charge in [-0.1, -0.05) is 55.1 Å². The molecular formula is C26H26FNO. The third kappa shape index (κ3) is 4.68. The van der Waals surface area contributed by atoms with Gasteiger partial charge in [0, 0.05) is 24.7 Å². The van der Waals surface area contributed by atoms with E-state index >= 15 is 0 Å². The summed E-state index contributed by atoms with van der Waals surface area (Å²) in [6.45, 7) is 4.68. The van der Waals surface area contributed by atoms with E-state index < -0.39 is 0 Å². The van der Waals surface area contributed by atoms with Crippen LogP contribution in [-0.4, -0.2) is 17.7 Å². The van der Waals surface area contributed by atoms with Crippen molar-refractivity contribution in [1.29, 1.82) is 0 Å². The Hall–Kier alpha value is -3.07. The maximum atomic E-state index is 13.2. The summed E-state index contributed by atoms with van der Waals surface area (Å²) in [7, 11) is 0. The number of nitrogens with zero attached hydrogens (tertiary/aromatic N) is 1. The number of rotatable bonds is 6. The van der Waals surface area contributed by atoms with Crippen LogP contribution in [0.3, 0.4) is 0 Å². The molecule has 0 spiro atoms. The molecule has 29 heavy (non-hydrogen) atoms. The first-order valence-corrected chi connectivity index (χ1v) is 10.2. The van der Waals surface area contributed by atoms with Gasteiger partial charge >= 0.3 is 0 Å². The van der Waals surface area contributed by atoms with Crippen molar-refractivity contribution in [1.82, 2.24) is 0 Å².